The van der Waals surface area contributed by atoms with Crippen LogP contribution in [0.15, 0.2) is 29.7 Å². The minimum absolute atomic E-state index is 0.160. The van der Waals surface area contributed by atoms with Crippen molar-refractivity contribution in [1.82, 2.24) is 4.90 Å². The molecule has 1 fully saturated rings. The van der Waals surface area contributed by atoms with Crippen molar-refractivity contribution in [3.8, 4) is 11.5 Å². The molecule has 0 aliphatic carbocycles. The summed E-state index contributed by atoms with van der Waals surface area (Å²) >= 11 is 6.19. The Bertz CT molecular complexity index is 745. The van der Waals surface area contributed by atoms with E-state index < -0.39 is 16.4 Å². The third-order valence-electron chi connectivity index (χ3n) is 2.96. The third-order valence-corrected chi connectivity index (χ3v) is 4.33. The molecule has 1 saturated heterocycles. The van der Waals surface area contributed by atoms with E-state index in [1.807, 2.05) is 0 Å². The Labute approximate surface area is 141 Å². The number of nitrogens with zero attached hydrogens (tertiary/aromatic N) is 2. The highest BCUT2D eigenvalue weighted by Crippen LogP contribution is 2.37. The topological polar surface area (TPSA) is 95.7 Å². The van der Waals surface area contributed by atoms with Crippen LogP contribution in [-0.2, 0) is 4.79 Å². The molecule has 1 aliphatic heterocycles. The maximum Gasteiger partial charge on any atom is 0.266 e. The number of thiocarbonyl (C=S) groups is 1. The van der Waals surface area contributed by atoms with Crippen molar-refractivity contribution in [3.05, 3.63) is 45.4 Å². The monoisotopic (exact) mass is 351 g/mol. The van der Waals surface area contributed by atoms with Gasteiger partial charge in [0.25, 0.3) is 11.6 Å². The summed E-state index contributed by atoms with van der Waals surface area (Å²) in [6, 6.07) is 2.44. The van der Waals surface area contributed by atoms with Crippen molar-refractivity contribution in [2.24, 2.45) is 0 Å². The molecule has 1 amide bonds. The molecular formula is C14H11N2O5S2-. The first kappa shape index (κ1) is 17.0. The van der Waals surface area contributed by atoms with Gasteiger partial charge in [-0.15, -0.1) is 6.58 Å². The van der Waals surface area contributed by atoms with Gasteiger partial charge in [0.2, 0.25) is 0 Å². The molecule has 120 valence electrons. The summed E-state index contributed by atoms with van der Waals surface area (Å²) in [5.41, 5.74) is -0.301. The summed E-state index contributed by atoms with van der Waals surface area (Å²) in [6.07, 6.45) is 2.99. The van der Waals surface area contributed by atoms with Crippen molar-refractivity contribution in [2.75, 3.05) is 13.7 Å². The highest BCUT2D eigenvalue weighted by molar-refractivity contribution is 8.26. The van der Waals surface area contributed by atoms with Crippen LogP contribution in [-0.4, -0.2) is 33.7 Å². The summed E-state index contributed by atoms with van der Waals surface area (Å²) in [7, 11) is 1.24. The number of benzene rings is 1. The van der Waals surface area contributed by atoms with Crippen molar-refractivity contribution in [1.29, 1.82) is 0 Å². The predicted molar refractivity (Wildman–Crippen MR) is 89.2 cm³/mol. The molecule has 0 N–H and O–H groups in total. The molecule has 2 rings (SSSR count). The Hall–Kier alpha value is -2.39. The summed E-state index contributed by atoms with van der Waals surface area (Å²) < 4.78 is 5.24. The average molecular weight is 351 g/mol. The van der Waals surface area contributed by atoms with Gasteiger partial charge in [-0.1, -0.05) is 30.1 Å². The van der Waals surface area contributed by atoms with Gasteiger partial charge in [0.1, 0.15) is 10.1 Å². The lowest BCUT2D eigenvalue weighted by molar-refractivity contribution is -0.398. The van der Waals surface area contributed by atoms with Crippen LogP contribution in [0.1, 0.15) is 5.56 Å². The number of hydrogen-bond donors (Lipinski definition) is 0. The van der Waals surface area contributed by atoms with E-state index in [9.17, 15) is 20.0 Å². The lowest BCUT2D eigenvalue weighted by Gasteiger charge is -2.13. The van der Waals surface area contributed by atoms with Gasteiger partial charge >= 0.3 is 0 Å². The Balaban J connectivity index is 2.45. The van der Waals surface area contributed by atoms with Crippen molar-refractivity contribution < 1.29 is 19.6 Å². The summed E-state index contributed by atoms with van der Waals surface area (Å²) in [6.45, 7) is 3.84. The second-order valence-corrected chi connectivity index (χ2v) is 6.09. The van der Waals surface area contributed by atoms with E-state index in [4.69, 9.17) is 17.0 Å². The van der Waals surface area contributed by atoms with Crippen LogP contribution in [0, 0.1) is 10.1 Å². The van der Waals surface area contributed by atoms with Crippen molar-refractivity contribution in [3.63, 3.8) is 0 Å². The number of rotatable bonds is 5. The summed E-state index contributed by atoms with van der Waals surface area (Å²) in [5.74, 6) is -1.28. The molecule has 7 nitrogen and oxygen atoms in total. The lowest BCUT2D eigenvalue weighted by atomic mass is 10.1. The first-order valence-electron chi connectivity index (χ1n) is 6.28. The average Bonchev–Trinajstić information content (AvgIpc) is 2.76. The summed E-state index contributed by atoms with van der Waals surface area (Å²) in [4.78, 5) is 24.1. The third kappa shape index (κ3) is 3.35. The Morgan fingerprint density at radius 2 is 2.22 bits per heavy atom. The fourth-order valence-electron chi connectivity index (χ4n) is 1.92. The predicted octanol–water partition coefficient (Wildman–Crippen LogP) is 2.06. The Morgan fingerprint density at radius 3 is 2.78 bits per heavy atom. The van der Waals surface area contributed by atoms with Gasteiger partial charge in [-0.05, 0) is 17.7 Å². The largest absolute Gasteiger partial charge is 0.865 e. The minimum Gasteiger partial charge on any atom is -0.865 e. The zero-order valence-electron chi connectivity index (χ0n) is 12.0. The molecule has 0 bridgehead atoms. The number of thioether (sulfide) groups is 1. The highest BCUT2D eigenvalue weighted by Gasteiger charge is 2.31. The molecule has 0 unspecified atom stereocenters. The summed E-state index contributed by atoms with van der Waals surface area (Å²) in [5, 5.41) is 22.7. The fraction of sp³-hybridized carbons (Fsp3) is 0.143. The van der Waals surface area contributed by atoms with Crippen LogP contribution in [0.2, 0.25) is 0 Å². The van der Waals surface area contributed by atoms with E-state index in [-0.39, 0.29) is 18.2 Å². The molecule has 9 heteroatoms. The van der Waals surface area contributed by atoms with E-state index >= 15 is 0 Å². The van der Waals surface area contributed by atoms with E-state index in [1.165, 1.54) is 24.2 Å². The van der Waals surface area contributed by atoms with Crippen LogP contribution in [0.25, 0.3) is 6.08 Å². The molecular weight excluding hydrogens is 340 g/mol. The number of ether oxygens (including phenoxy) is 1. The SMILES string of the molecule is C=CCN1C(=O)/C(=C/c2cc(OC)c([O-])c([N+](=O)[O-])c2)SC1=S. The van der Waals surface area contributed by atoms with E-state index in [2.05, 4.69) is 6.58 Å². The van der Waals surface area contributed by atoms with Gasteiger partial charge in [0, 0.05) is 18.4 Å². The van der Waals surface area contributed by atoms with E-state index in [0.717, 1.165) is 17.8 Å². The van der Waals surface area contributed by atoms with Crippen LogP contribution >= 0.6 is 24.0 Å². The van der Waals surface area contributed by atoms with Gasteiger partial charge in [-0.3, -0.25) is 19.8 Å². The van der Waals surface area contributed by atoms with Crippen LogP contribution < -0.4 is 9.84 Å². The standard InChI is InChI=1S/C14H12N2O5S2/c1-3-4-15-13(18)11(23-14(15)22)7-8-5-9(16(19)20)12(17)10(6-8)21-2/h3,5-7,17H,1,4H2,2H3/p-1/b11-7-. The first-order valence-corrected chi connectivity index (χ1v) is 7.51. The number of carbonyl (C=O) groups excluding carboxylic acids is 1. The normalized spacial score (nSPS) is 16.0. The quantitative estimate of drug-likeness (QED) is 0.263. The van der Waals surface area contributed by atoms with Gasteiger partial charge in [0.05, 0.1) is 16.9 Å². The number of nitro benzene ring substituents is 1. The highest BCUT2D eigenvalue weighted by atomic mass is 32.2. The molecule has 0 spiro atoms. The molecule has 0 aromatic heterocycles. The van der Waals surface area contributed by atoms with Gasteiger partial charge in [-0.25, -0.2) is 0 Å². The van der Waals surface area contributed by atoms with Gasteiger partial charge < -0.3 is 9.84 Å². The van der Waals surface area contributed by atoms with Gasteiger partial charge in [-0.2, -0.15) is 0 Å². The van der Waals surface area contributed by atoms with E-state index in [0.29, 0.717) is 14.8 Å². The zero-order valence-corrected chi connectivity index (χ0v) is 13.6. The number of amides is 1. The smallest absolute Gasteiger partial charge is 0.266 e. The number of carbonyl (C=O) groups is 1. The maximum absolute atomic E-state index is 12.2. The zero-order chi connectivity index (χ0) is 17.1. The number of methoxy groups -OCH3 is 1. The molecule has 1 aromatic carbocycles. The molecule has 1 aromatic rings. The maximum atomic E-state index is 12.2. The lowest BCUT2D eigenvalue weighted by Crippen LogP contribution is -2.27. The molecule has 1 aliphatic rings. The first-order chi connectivity index (χ1) is 10.9. The number of hydrogen-bond acceptors (Lipinski definition) is 7. The molecule has 0 saturated carbocycles. The second kappa shape index (κ2) is 6.80. The molecule has 23 heavy (non-hydrogen) atoms. The van der Waals surface area contributed by atoms with Crippen LogP contribution in [0.4, 0.5) is 5.69 Å². The van der Waals surface area contributed by atoms with Crippen molar-refractivity contribution in [2.45, 2.75) is 0 Å². The van der Waals surface area contributed by atoms with Crippen molar-refractivity contribution >= 4 is 46.0 Å². The van der Waals surface area contributed by atoms with Crippen LogP contribution in [0.3, 0.4) is 0 Å². The fourth-order valence-corrected chi connectivity index (χ4v) is 3.19. The minimum atomic E-state index is -0.811. The van der Waals surface area contributed by atoms with Gasteiger partial charge in [0.15, 0.2) is 0 Å². The molecule has 0 atom stereocenters. The number of nitro groups is 1. The molecule has 0 radical (unpaired) electrons. The Kier molecular flexibility index (Phi) is 5.02. The Morgan fingerprint density at radius 1 is 1.52 bits per heavy atom. The second-order valence-electron chi connectivity index (χ2n) is 4.41. The molecule has 1 heterocycles. The van der Waals surface area contributed by atoms with Crippen LogP contribution in [0.5, 0.6) is 11.5 Å². The van der Waals surface area contributed by atoms with E-state index in [1.54, 1.807) is 6.08 Å².